The van der Waals surface area contributed by atoms with Crippen molar-refractivity contribution in [2.75, 3.05) is 30.3 Å². The third-order valence-electron chi connectivity index (χ3n) is 9.88. The van der Waals surface area contributed by atoms with Crippen molar-refractivity contribution in [3.05, 3.63) is 71.4 Å². The minimum Gasteiger partial charge on any atom is -0.507 e. The van der Waals surface area contributed by atoms with Gasteiger partial charge in [-0.15, -0.1) is 21.5 Å². The average molecular weight is 727 g/mol. The highest BCUT2D eigenvalue weighted by molar-refractivity contribution is 7.13. The highest BCUT2D eigenvalue weighted by atomic mass is 32.1. The topological polar surface area (TPSA) is 187 Å². The number of nitrogens with zero attached hydrogens (tertiary/aromatic N) is 5. The van der Waals surface area contributed by atoms with Crippen LogP contribution in [0.5, 0.6) is 5.75 Å². The molecule has 4 heterocycles. The molecule has 2 aromatic carbocycles. The van der Waals surface area contributed by atoms with Crippen LogP contribution in [-0.4, -0.2) is 85.8 Å². The maximum Gasteiger partial charge on any atom is 0.246 e. The number of benzene rings is 2. The molecule has 0 radical (unpaired) electrons. The van der Waals surface area contributed by atoms with E-state index in [4.69, 9.17) is 5.73 Å². The zero-order valence-corrected chi connectivity index (χ0v) is 30.7. The Bertz CT molecular complexity index is 1920. The number of nitrogen functional groups attached to an aromatic ring is 1. The summed E-state index contributed by atoms with van der Waals surface area (Å²) in [6.45, 7) is 8.91. The fourth-order valence-corrected chi connectivity index (χ4v) is 7.70. The standard InChI is InChI=1S/C38H46N8O5S/c1-22-32(52-21-41-22)24-11-9-23(10-12-24)19-40-36(50)30-17-26(47)20-46(30)37(51)33(38(2,3)4)42-35(49)25-13-15-45(16-14-25)29-18-28(43-44-34(29)39)27-7-5-6-8-31(27)48/h5-12,18,21,25-26,30,33,47-48H,13-17,19-20H2,1-4H3,(H2,39,44)(H,40,50)(H,42,49)/t26-,30+,33-/m1/s1. The summed E-state index contributed by atoms with van der Waals surface area (Å²) in [5.74, 6) is -0.989. The van der Waals surface area contributed by atoms with E-state index in [0.29, 0.717) is 42.9 Å². The van der Waals surface area contributed by atoms with Crippen LogP contribution in [-0.2, 0) is 20.9 Å². The molecule has 0 spiro atoms. The molecule has 2 aromatic heterocycles. The number of aryl methyl sites for hydroxylation is 1. The van der Waals surface area contributed by atoms with Crippen LogP contribution in [0.4, 0.5) is 11.5 Å². The van der Waals surface area contributed by atoms with Gasteiger partial charge in [0.2, 0.25) is 17.7 Å². The zero-order valence-electron chi connectivity index (χ0n) is 29.9. The monoisotopic (exact) mass is 726 g/mol. The van der Waals surface area contributed by atoms with Crippen molar-refractivity contribution in [3.8, 4) is 27.4 Å². The lowest BCUT2D eigenvalue weighted by Crippen LogP contribution is -2.58. The van der Waals surface area contributed by atoms with Gasteiger partial charge in [-0.3, -0.25) is 14.4 Å². The molecular weight excluding hydrogens is 681 g/mol. The van der Waals surface area contributed by atoms with Gasteiger partial charge in [0, 0.05) is 44.1 Å². The van der Waals surface area contributed by atoms with Gasteiger partial charge in [-0.25, -0.2) is 4.98 Å². The second-order valence-corrected chi connectivity index (χ2v) is 15.5. The number of rotatable bonds is 9. The van der Waals surface area contributed by atoms with Crippen LogP contribution >= 0.6 is 11.3 Å². The summed E-state index contributed by atoms with van der Waals surface area (Å²) in [6.07, 6.45) is 0.290. The fraction of sp³-hybridized carbons (Fsp3) is 0.421. The van der Waals surface area contributed by atoms with Gasteiger partial charge in [0.15, 0.2) is 5.82 Å². The average Bonchev–Trinajstić information content (AvgIpc) is 3.74. The number of aliphatic hydroxyl groups is 1. The summed E-state index contributed by atoms with van der Waals surface area (Å²) >= 11 is 1.58. The van der Waals surface area contributed by atoms with Crippen LogP contribution in [0.25, 0.3) is 21.7 Å². The van der Waals surface area contributed by atoms with Gasteiger partial charge in [-0.2, -0.15) is 0 Å². The van der Waals surface area contributed by atoms with Crippen LogP contribution in [0, 0.1) is 18.3 Å². The number of carbonyl (C=O) groups is 3. The number of likely N-dealkylation sites (tertiary alicyclic amines) is 1. The number of nitrogens with one attached hydrogen (secondary N) is 2. The minimum absolute atomic E-state index is 0.00475. The predicted molar refractivity (Wildman–Crippen MR) is 200 cm³/mol. The number of hydrogen-bond acceptors (Lipinski definition) is 11. The molecule has 0 saturated carbocycles. The number of piperidine rings is 1. The molecule has 14 heteroatoms. The lowest BCUT2D eigenvalue weighted by atomic mass is 9.84. The van der Waals surface area contributed by atoms with E-state index in [-0.39, 0.29) is 48.8 Å². The van der Waals surface area contributed by atoms with Crippen LogP contribution in [0.2, 0.25) is 0 Å². The number of β-amino-alcohol motifs (C(OH)–C–C–N with tert-alkyl or cyclic N) is 1. The first kappa shape index (κ1) is 36.7. The number of hydrogen-bond donors (Lipinski definition) is 5. The Morgan fingerprint density at radius 1 is 1.04 bits per heavy atom. The SMILES string of the molecule is Cc1ncsc1-c1ccc(CNC(=O)[C@@H]2C[C@@H](O)CN2C(=O)[C@@H](NC(=O)C2CCN(c3cc(-c4ccccc4O)nnc3N)CC2)C(C)(C)C)cc1. The Kier molecular flexibility index (Phi) is 10.8. The lowest BCUT2D eigenvalue weighted by molar-refractivity contribution is -0.144. The van der Waals surface area contributed by atoms with E-state index >= 15 is 0 Å². The third kappa shape index (κ3) is 8.02. The van der Waals surface area contributed by atoms with Crippen molar-refractivity contribution >= 4 is 40.6 Å². The third-order valence-corrected chi connectivity index (χ3v) is 10.9. The van der Waals surface area contributed by atoms with Crippen molar-refractivity contribution in [2.24, 2.45) is 11.3 Å². The number of aliphatic hydroxyl groups excluding tert-OH is 1. The maximum absolute atomic E-state index is 14.1. The minimum atomic E-state index is -0.914. The Morgan fingerprint density at radius 2 is 1.75 bits per heavy atom. The summed E-state index contributed by atoms with van der Waals surface area (Å²) in [7, 11) is 0. The molecule has 3 atom stereocenters. The van der Waals surface area contributed by atoms with Gasteiger partial charge in [0.1, 0.15) is 17.8 Å². The number of thiazole rings is 1. The van der Waals surface area contributed by atoms with Gasteiger partial charge in [0.05, 0.1) is 33.6 Å². The summed E-state index contributed by atoms with van der Waals surface area (Å²) in [6, 6.07) is 14.8. The lowest BCUT2D eigenvalue weighted by Gasteiger charge is -2.37. The number of amides is 3. The van der Waals surface area contributed by atoms with Crippen LogP contribution in [0.1, 0.15) is 51.3 Å². The number of aromatic nitrogens is 3. The van der Waals surface area contributed by atoms with Crippen LogP contribution < -0.4 is 21.3 Å². The highest BCUT2D eigenvalue weighted by Crippen LogP contribution is 2.34. The second kappa shape index (κ2) is 15.3. The number of phenols is 1. The molecule has 2 saturated heterocycles. The predicted octanol–water partition coefficient (Wildman–Crippen LogP) is 3.89. The first-order valence-corrected chi connectivity index (χ1v) is 18.4. The first-order chi connectivity index (χ1) is 24.8. The van der Waals surface area contributed by atoms with E-state index in [9.17, 15) is 24.6 Å². The van der Waals surface area contributed by atoms with Crippen LogP contribution in [0.3, 0.4) is 0 Å². The molecule has 13 nitrogen and oxygen atoms in total. The van der Waals surface area contributed by atoms with Gasteiger partial charge in [-0.05, 0) is 54.5 Å². The number of phenolic OH excluding ortho intramolecular Hbond substituents is 1. The number of carbonyl (C=O) groups excluding carboxylic acids is 3. The molecule has 6 rings (SSSR count). The highest BCUT2D eigenvalue weighted by Gasteiger charge is 2.45. The Balaban J connectivity index is 1.07. The number of anilines is 2. The van der Waals surface area contributed by atoms with Crippen molar-refractivity contribution in [1.29, 1.82) is 0 Å². The smallest absolute Gasteiger partial charge is 0.246 e. The summed E-state index contributed by atoms with van der Waals surface area (Å²) in [5.41, 5.74) is 12.0. The Morgan fingerprint density at radius 3 is 2.40 bits per heavy atom. The summed E-state index contributed by atoms with van der Waals surface area (Å²) < 4.78 is 0. The molecule has 0 bridgehead atoms. The molecule has 2 aliphatic heterocycles. The Hall–Kier alpha value is -5.08. The molecule has 2 aliphatic rings. The van der Waals surface area contributed by atoms with Crippen molar-refractivity contribution in [2.45, 2.75) is 71.7 Å². The largest absolute Gasteiger partial charge is 0.507 e. The molecular formula is C38H46N8O5S. The number of nitrogens with two attached hydrogens (primary N) is 1. The first-order valence-electron chi connectivity index (χ1n) is 17.5. The quantitative estimate of drug-likeness (QED) is 0.169. The molecule has 3 amide bonds. The molecule has 274 valence electrons. The van der Waals surface area contributed by atoms with Gasteiger partial charge in [-0.1, -0.05) is 57.2 Å². The van der Waals surface area contributed by atoms with Crippen LogP contribution in [0.15, 0.2) is 60.1 Å². The molecule has 6 N–H and O–H groups in total. The number of para-hydroxylation sites is 1. The maximum atomic E-state index is 14.1. The summed E-state index contributed by atoms with van der Waals surface area (Å²) in [4.78, 5) is 50.2. The molecule has 0 unspecified atom stereocenters. The van der Waals surface area contributed by atoms with E-state index in [2.05, 4.69) is 30.7 Å². The Labute approximate surface area is 307 Å². The normalized spacial score (nSPS) is 18.6. The van der Waals surface area contributed by atoms with Crippen molar-refractivity contribution in [1.82, 2.24) is 30.7 Å². The molecule has 2 fully saturated rings. The van der Waals surface area contributed by atoms with Gasteiger partial charge < -0.3 is 36.4 Å². The fourth-order valence-electron chi connectivity index (χ4n) is 6.89. The molecule has 4 aromatic rings. The number of aromatic hydroxyl groups is 1. The van der Waals surface area contributed by atoms with E-state index in [1.54, 1.807) is 41.7 Å². The van der Waals surface area contributed by atoms with E-state index in [1.165, 1.54) is 4.90 Å². The van der Waals surface area contributed by atoms with Crippen molar-refractivity contribution < 1.29 is 24.6 Å². The summed E-state index contributed by atoms with van der Waals surface area (Å²) in [5, 5.41) is 35.2. The molecule has 52 heavy (non-hydrogen) atoms. The molecule has 0 aliphatic carbocycles. The van der Waals surface area contributed by atoms with Gasteiger partial charge >= 0.3 is 0 Å². The van der Waals surface area contributed by atoms with Crippen molar-refractivity contribution in [3.63, 3.8) is 0 Å². The van der Waals surface area contributed by atoms with E-state index < -0.39 is 29.5 Å². The van der Waals surface area contributed by atoms with Gasteiger partial charge in [0.25, 0.3) is 0 Å². The van der Waals surface area contributed by atoms with E-state index in [1.807, 2.05) is 57.5 Å². The zero-order chi connectivity index (χ0) is 37.2. The van der Waals surface area contributed by atoms with E-state index in [0.717, 1.165) is 21.7 Å². The second-order valence-electron chi connectivity index (χ2n) is 14.7.